The molecule has 1 atom stereocenters. The number of rotatable bonds is 7. The van der Waals surface area contributed by atoms with Crippen LogP contribution in [0, 0.1) is 12.8 Å². The zero-order valence-electron chi connectivity index (χ0n) is 16.0. The van der Waals surface area contributed by atoms with Gasteiger partial charge in [0.25, 0.3) is 0 Å². The van der Waals surface area contributed by atoms with E-state index in [1.54, 1.807) is 0 Å². The standard InChI is InChI=1S/C19H32N4O.HI/c1-5-23-10-9-16(14-23)12-21-19(20-4)22-13-17-8-7-15(3)11-18(17)24-6-2;/h7-8,11,16H,5-6,9-10,12-14H2,1-4H3,(H2,20,21,22);1H. The number of hydrogen-bond donors (Lipinski definition) is 2. The van der Waals surface area contributed by atoms with Crippen molar-refractivity contribution < 1.29 is 4.74 Å². The van der Waals surface area contributed by atoms with E-state index in [1.807, 2.05) is 14.0 Å². The van der Waals surface area contributed by atoms with Gasteiger partial charge in [-0.15, -0.1) is 24.0 Å². The van der Waals surface area contributed by atoms with Crippen LogP contribution in [0.5, 0.6) is 5.75 Å². The van der Waals surface area contributed by atoms with Crippen molar-refractivity contribution in [1.82, 2.24) is 15.5 Å². The van der Waals surface area contributed by atoms with E-state index in [1.165, 1.54) is 25.1 Å². The zero-order chi connectivity index (χ0) is 17.4. The number of nitrogens with zero attached hydrogens (tertiary/aromatic N) is 2. The maximum absolute atomic E-state index is 5.74. The minimum atomic E-state index is 0. The van der Waals surface area contributed by atoms with E-state index in [0.29, 0.717) is 19.1 Å². The fourth-order valence-corrected chi connectivity index (χ4v) is 3.10. The molecule has 0 saturated carbocycles. The highest BCUT2D eigenvalue weighted by Gasteiger charge is 2.21. The van der Waals surface area contributed by atoms with E-state index >= 15 is 0 Å². The van der Waals surface area contributed by atoms with Crippen LogP contribution >= 0.6 is 24.0 Å². The predicted molar refractivity (Wildman–Crippen MR) is 116 cm³/mol. The maximum Gasteiger partial charge on any atom is 0.191 e. The molecule has 25 heavy (non-hydrogen) atoms. The minimum Gasteiger partial charge on any atom is -0.494 e. The Morgan fingerprint density at radius 2 is 2.12 bits per heavy atom. The third-order valence-electron chi connectivity index (χ3n) is 4.57. The molecule has 1 unspecified atom stereocenters. The normalized spacial score (nSPS) is 17.9. The summed E-state index contributed by atoms with van der Waals surface area (Å²) >= 11 is 0. The highest BCUT2D eigenvalue weighted by Crippen LogP contribution is 2.20. The van der Waals surface area contributed by atoms with Crippen molar-refractivity contribution in [3.63, 3.8) is 0 Å². The Kier molecular flexibility index (Phi) is 10.2. The predicted octanol–water partition coefficient (Wildman–Crippen LogP) is 3.02. The van der Waals surface area contributed by atoms with Gasteiger partial charge in [-0.05, 0) is 50.9 Å². The van der Waals surface area contributed by atoms with Crippen molar-refractivity contribution >= 4 is 29.9 Å². The molecule has 0 bridgehead atoms. The molecule has 1 fully saturated rings. The van der Waals surface area contributed by atoms with Crippen molar-refractivity contribution in [2.75, 3.05) is 39.8 Å². The van der Waals surface area contributed by atoms with Gasteiger partial charge >= 0.3 is 0 Å². The molecule has 1 aliphatic heterocycles. The van der Waals surface area contributed by atoms with Gasteiger partial charge in [0.15, 0.2) is 5.96 Å². The maximum atomic E-state index is 5.74. The van der Waals surface area contributed by atoms with E-state index < -0.39 is 0 Å². The quantitative estimate of drug-likeness (QED) is 0.373. The summed E-state index contributed by atoms with van der Waals surface area (Å²) in [5.74, 6) is 2.52. The summed E-state index contributed by atoms with van der Waals surface area (Å²) in [6.07, 6.45) is 1.27. The Labute approximate surface area is 169 Å². The smallest absolute Gasteiger partial charge is 0.191 e. The van der Waals surface area contributed by atoms with Crippen LogP contribution < -0.4 is 15.4 Å². The summed E-state index contributed by atoms with van der Waals surface area (Å²) in [7, 11) is 1.82. The van der Waals surface area contributed by atoms with Gasteiger partial charge in [0.1, 0.15) is 5.75 Å². The van der Waals surface area contributed by atoms with Gasteiger partial charge in [0.2, 0.25) is 0 Å². The summed E-state index contributed by atoms with van der Waals surface area (Å²) in [6.45, 7) is 12.2. The number of aryl methyl sites for hydroxylation is 1. The molecule has 1 aromatic rings. The summed E-state index contributed by atoms with van der Waals surface area (Å²) in [5, 5.41) is 6.86. The Balaban J connectivity index is 0.00000312. The highest BCUT2D eigenvalue weighted by atomic mass is 127. The topological polar surface area (TPSA) is 48.9 Å². The van der Waals surface area contributed by atoms with Gasteiger partial charge < -0.3 is 20.3 Å². The number of ether oxygens (including phenoxy) is 1. The molecule has 0 aliphatic carbocycles. The number of guanidine groups is 1. The molecule has 6 heteroatoms. The highest BCUT2D eigenvalue weighted by molar-refractivity contribution is 14.0. The lowest BCUT2D eigenvalue weighted by Crippen LogP contribution is -2.40. The first-order valence-corrected chi connectivity index (χ1v) is 9.05. The van der Waals surface area contributed by atoms with E-state index in [2.05, 4.69) is 52.6 Å². The second kappa shape index (κ2) is 11.6. The molecular weight excluding hydrogens is 427 g/mol. The van der Waals surface area contributed by atoms with Crippen LogP contribution in [0.4, 0.5) is 0 Å². The average Bonchev–Trinajstić information content (AvgIpc) is 3.05. The third kappa shape index (κ3) is 7.01. The van der Waals surface area contributed by atoms with E-state index in [4.69, 9.17) is 4.74 Å². The molecule has 1 heterocycles. The molecule has 0 aromatic heterocycles. The van der Waals surface area contributed by atoms with Gasteiger partial charge in [0.05, 0.1) is 6.61 Å². The Bertz CT molecular complexity index is 550. The fourth-order valence-electron chi connectivity index (χ4n) is 3.10. The van der Waals surface area contributed by atoms with Crippen molar-refractivity contribution in [1.29, 1.82) is 0 Å². The van der Waals surface area contributed by atoms with Crippen molar-refractivity contribution in [3.8, 4) is 5.75 Å². The third-order valence-corrected chi connectivity index (χ3v) is 4.57. The first kappa shape index (κ1) is 22.0. The number of nitrogens with one attached hydrogen (secondary N) is 2. The molecule has 1 saturated heterocycles. The lowest BCUT2D eigenvalue weighted by Gasteiger charge is -2.17. The van der Waals surface area contributed by atoms with Crippen LogP contribution in [0.2, 0.25) is 0 Å². The number of aliphatic imine (C=N–C) groups is 1. The Morgan fingerprint density at radius 1 is 1.32 bits per heavy atom. The molecule has 1 aromatic carbocycles. The Morgan fingerprint density at radius 3 is 2.76 bits per heavy atom. The average molecular weight is 460 g/mol. The molecular formula is C19H33IN4O. The second-order valence-electron chi connectivity index (χ2n) is 6.40. The van der Waals surface area contributed by atoms with Gasteiger partial charge in [-0.25, -0.2) is 0 Å². The van der Waals surface area contributed by atoms with Crippen molar-refractivity contribution in [2.45, 2.75) is 33.7 Å². The molecule has 0 amide bonds. The lowest BCUT2D eigenvalue weighted by molar-refractivity contribution is 0.336. The van der Waals surface area contributed by atoms with Crippen LogP contribution in [0.25, 0.3) is 0 Å². The number of halogens is 1. The largest absolute Gasteiger partial charge is 0.494 e. The fraction of sp³-hybridized carbons (Fsp3) is 0.632. The van der Waals surface area contributed by atoms with Crippen molar-refractivity contribution in [3.05, 3.63) is 29.3 Å². The SMILES string of the molecule is CCOc1cc(C)ccc1CNC(=NC)NCC1CCN(CC)C1.I. The van der Waals surface area contributed by atoms with E-state index in [0.717, 1.165) is 30.4 Å². The molecule has 0 radical (unpaired) electrons. The molecule has 1 aliphatic rings. The van der Waals surface area contributed by atoms with E-state index in [9.17, 15) is 0 Å². The first-order valence-electron chi connectivity index (χ1n) is 9.05. The van der Waals surface area contributed by atoms with Crippen LogP contribution in [-0.2, 0) is 6.54 Å². The molecule has 5 nitrogen and oxygen atoms in total. The monoisotopic (exact) mass is 460 g/mol. The lowest BCUT2D eigenvalue weighted by atomic mass is 10.1. The molecule has 142 valence electrons. The first-order chi connectivity index (χ1) is 11.7. The van der Waals surface area contributed by atoms with Crippen LogP contribution in [0.15, 0.2) is 23.2 Å². The summed E-state index contributed by atoms with van der Waals surface area (Å²) in [6, 6.07) is 6.33. The van der Waals surface area contributed by atoms with Gasteiger partial charge in [-0.3, -0.25) is 4.99 Å². The van der Waals surface area contributed by atoms with Crippen LogP contribution in [-0.4, -0.2) is 50.7 Å². The summed E-state index contributed by atoms with van der Waals surface area (Å²) in [5.41, 5.74) is 2.37. The zero-order valence-corrected chi connectivity index (χ0v) is 18.3. The summed E-state index contributed by atoms with van der Waals surface area (Å²) in [4.78, 5) is 6.84. The van der Waals surface area contributed by atoms with Gasteiger partial charge in [-0.2, -0.15) is 0 Å². The van der Waals surface area contributed by atoms with E-state index in [-0.39, 0.29) is 24.0 Å². The van der Waals surface area contributed by atoms with Crippen LogP contribution in [0.1, 0.15) is 31.4 Å². The second-order valence-corrected chi connectivity index (χ2v) is 6.40. The van der Waals surface area contributed by atoms with Crippen LogP contribution in [0.3, 0.4) is 0 Å². The van der Waals surface area contributed by atoms with Crippen molar-refractivity contribution in [2.24, 2.45) is 10.9 Å². The molecule has 2 N–H and O–H groups in total. The number of hydrogen-bond acceptors (Lipinski definition) is 3. The minimum absolute atomic E-state index is 0. The van der Waals surface area contributed by atoms with Gasteiger partial charge in [0, 0.05) is 32.2 Å². The van der Waals surface area contributed by atoms with Gasteiger partial charge in [-0.1, -0.05) is 19.1 Å². The number of likely N-dealkylation sites (tertiary alicyclic amines) is 1. The molecule has 0 spiro atoms. The number of benzene rings is 1. The molecule has 2 rings (SSSR count). The summed E-state index contributed by atoms with van der Waals surface area (Å²) < 4.78 is 5.74. The Hall–Kier alpha value is -1.02.